The molecule has 0 bridgehead atoms. The van der Waals surface area contributed by atoms with Crippen LogP contribution < -0.4 is 0 Å². The zero-order chi connectivity index (χ0) is 18.7. The van der Waals surface area contributed by atoms with Gasteiger partial charge < -0.3 is 4.90 Å². The van der Waals surface area contributed by atoms with Gasteiger partial charge in [0.1, 0.15) is 5.57 Å². The number of hydrogen-bond acceptors (Lipinski definition) is 4. The van der Waals surface area contributed by atoms with E-state index >= 15 is 0 Å². The van der Waals surface area contributed by atoms with E-state index in [4.69, 9.17) is 0 Å². The Morgan fingerprint density at radius 3 is 1.84 bits per heavy atom. The van der Waals surface area contributed by atoms with Crippen molar-refractivity contribution in [2.24, 2.45) is 11.8 Å². The van der Waals surface area contributed by atoms with Crippen LogP contribution in [0.3, 0.4) is 0 Å². The van der Waals surface area contributed by atoms with Crippen LogP contribution in [0.4, 0.5) is 4.79 Å². The molecule has 0 N–H and O–H groups in total. The number of hydrogen-bond donors (Lipinski definition) is 0. The predicted octanol–water partition coefficient (Wildman–Crippen LogP) is 2.63. The highest BCUT2D eigenvalue weighted by atomic mass is 16.2. The van der Waals surface area contributed by atoms with Crippen LogP contribution in [0.15, 0.2) is 23.4 Å². The molecule has 0 unspecified atom stereocenters. The van der Waals surface area contributed by atoms with Crippen molar-refractivity contribution in [3.05, 3.63) is 23.4 Å². The largest absolute Gasteiger partial charge is 0.378 e. The Kier molecular flexibility index (Phi) is 6.03. The Morgan fingerprint density at radius 2 is 1.44 bits per heavy atom. The van der Waals surface area contributed by atoms with E-state index in [9.17, 15) is 14.4 Å². The van der Waals surface area contributed by atoms with E-state index in [0.29, 0.717) is 13.1 Å². The normalized spacial score (nSPS) is 20.8. The van der Waals surface area contributed by atoms with Crippen LogP contribution in [0.25, 0.3) is 0 Å². The molecule has 0 aromatic rings. The molecule has 4 amide bonds. The van der Waals surface area contributed by atoms with Crippen LogP contribution in [0.5, 0.6) is 0 Å². The lowest BCUT2D eigenvalue weighted by Crippen LogP contribution is -2.57. The summed E-state index contributed by atoms with van der Waals surface area (Å²) in [6.45, 7) is 9.39. The molecule has 2 fully saturated rings. The van der Waals surface area contributed by atoms with E-state index in [-0.39, 0.29) is 17.4 Å². The zero-order valence-electron chi connectivity index (χ0n) is 15.9. The van der Waals surface area contributed by atoms with Gasteiger partial charge >= 0.3 is 6.03 Å². The van der Waals surface area contributed by atoms with E-state index in [1.807, 2.05) is 40.8 Å². The zero-order valence-corrected chi connectivity index (χ0v) is 15.9. The summed E-state index contributed by atoms with van der Waals surface area (Å²) in [6.07, 6.45) is 5.45. The number of imide groups is 2. The predicted molar refractivity (Wildman–Crippen MR) is 96.5 cm³/mol. The van der Waals surface area contributed by atoms with Crippen molar-refractivity contribution in [3.8, 4) is 0 Å². The summed E-state index contributed by atoms with van der Waals surface area (Å²) in [4.78, 5) is 42.7. The highest BCUT2D eigenvalue weighted by molar-refractivity contribution is 6.28. The third-order valence-electron chi connectivity index (χ3n) is 4.37. The van der Waals surface area contributed by atoms with Gasteiger partial charge in [-0.15, -0.1) is 0 Å². The summed E-state index contributed by atoms with van der Waals surface area (Å²) < 4.78 is 0. The van der Waals surface area contributed by atoms with E-state index in [1.165, 1.54) is 9.80 Å². The minimum Gasteiger partial charge on any atom is -0.378 e. The van der Waals surface area contributed by atoms with Gasteiger partial charge in [-0.25, -0.2) is 4.79 Å². The van der Waals surface area contributed by atoms with Gasteiger partial charge in [-0.05, 0) is 36.8 Å². The summed E-state index contributed by atoms with van der Waals surface area (Å²) >= 11 is 0. The molecule has 2 rings (SSSR count). The fraction of sp³-hybridized carbons (Fsp3) is 0.632. The molecule has 2 heterocycles. The van der Waals surface area contributed by atoms with Gasteiger partial charge in [0.05, 0.1) is 0 Å². The summed E-state index contributed by atoms with van der Waals surface area (Å²) in [6, 6.07) is -0.500. The Hall–Kier alpha value is -2.11. The minimum atomic E-state index is -0.500. The number of carbonyl (C=O) groups is 3. The van der Waals surface area contributed by atoms with Gasteiger partial charge in [-0.2, -0.15) is 0 Å². The average Bonchev–Trinajstić information content (AvgIpc) is 2.93. The third-order valence-corrected chi connectivity index (χ3v) is 4.37. The van der Waals surface area contributed by atoms with Crippen LogP contribution in [0.1, 0.15) is 40.5 Å². The molecule has 0 aromatic carbocycles. The second-order valence-corrected chi connectivity index (χ2v) is 7.67. The lowest BCUT2D eigenvalue weighted by Gasteiger charge is -2.35. The standard InChI is InChI=1S/C19H29N3O3/c1-13(2)11-21-17(23)16(9-8-15-7-6-10-20(15)5)18(24)22(19(21)25)12-14(3)4/h8-9,13-14H,6-7,10-12H2,1-5H3/b15-8+. The molecule has 2 aliphatic rings. The van der Waals surface area contributed by atoms with E-state index in [0.717, 1.165) is 25.1 Å². The molecular formula is C19H29N3O3. The van der Waals surface area contributed by atoms with Gasteiger partial charge in [-0.3, -0.25) is 19.4 Å². The SMILES string of the molecule is CC(C)CN1C(=O)C(=C/C=C2\CCCN2C)C(=O)N(CC(C)C)C1=O. The maximum atomic E-state index is 12.7. The second kappa shape index (κ2) is 7.85. The van der Waals surface area contributed by atoms with Gasteiger partial charge in [0, 0.05) is 32.4 Å². The van der Waals surface area contributed by atoms with Crippen molar-refractivity contribution in [2.45, 2.75) is 40.5 Å². The Morgan fingerprint density at radius 1 is 0.920 bits per heavy atom. The topological polar surface area (TPSA) is 60.9 Å². The van der Waals surface area contributed by atoms with Crippen LogP contribution in [0.2, 0.25) is 0 Å². The van der Waals surface area contributed by atoms with Crippen molar-refractivity contribution in [3.63, 3.8) is 0 Å². The smallest absolute Gasteiger partial charge is 0.333 e. The van der Waals surface area contributed by atoms with Gasteiger partial charge in [0.25, 0.3) is 11.8 Å². The van der Waals surface area contributed by atoms with Crippen molar-refractivity contribution in [1.29, 1.82) is 0 Å². The number of allylic oxidation sites excluding steroid dienone is 3. The summed E-state index contributed by atoms with van der Waals surface area (Å²) in [5.74, 6) is -0.687. The monoisotopic (exact) mass is 347 g/mol. The lowest BCUT2D eigenvalue weighted by molar-refractivity contribution is -0.136. The van der Waals surface area contributed by atoms with E-state index in [1.54, 1.807) is 6.08 Å². The van der Waals surface area contributed by atoms with Crippen LogP contribution in [0, 0.1) is 11.8 Å². The van der Waals surface area contributed by atoms with Crippen LogP contribution in [-0.4, -0.2) is 59.2 Å². The van der Waals surface area contributed by atoms with Crippen LogP contribution >= 0.6 is 0 Å². The number of barbiturate groups is 1. The number of amides is 4. The van der Waals surface area contributed by atoms with E-state index < -0.39 is 17.8 Å². The molecule has 138 valence electrons. The minimum absolute atomic E-state index is 0.0775. The number of likely N-dealkylation sites (tertiary alicyclic amines) is 1. The molecule has 0 radical (unpaired) electrons. The number of urea groups is 1. The summed E-state index contributed by atoms with van der Waals surface area (Å²) in [5, 5.41) is 0. The molecule has 6 heteroatoms. The van der Waals surface area contributed by atoms with Crippen molar-refractivity contribution >= 4 is 17.8 Å². The van der Waals surface area contributed by atoms with Crippen molar-refractivity contribution in [1.82, 2.24) is 14.7 Å². The first kappa shape index (κ1) is 19.2. The van der Waals surface area contributed by atoms with Crippen molar-refractivity contribution < 1.29 is 14.4 Å². The fourth-order valence-electron chi connectivity index (χ4n) is 3.12. The quantitative estimate of drug-likeness (QED) is 0.567. The fourth-order valence-corrected chi connectivity index (χ4v) is 3.12. The Labute approximate surface area is 150 Å². The highest BCUT2D eigenvalue weighted by Gasteiger charge is 2.41. The van der Waals surface area contributed by atoms with Gasteiger partial charge in [0.15, 0.2) is 0 Å². The number of rotatable bonds is 5. The molecule has 25 heavy (non-hydrogen) atoms. The van der Waals surface area contributed by atoms with Gasteiger partial charge in [0.2, 0.25) is 0 Å². The molecule has 2 saturated heterocycles. The van der Waals surface area contributed by atoms with Crippen molar-refractivity contribution in [2.75, 3.05) is 26.7 Å². The Balaban J connectivity index is 2.36. The lowest BCUT2D eigenvalue weighted by atomic mass is 10.1. The molecule has 0 spiro atoms. The maximum Gasteiger partial charge on any atom is 0.333 e. The molecule has 0 aromatic heterocycles. The summed E-state index contributed by atoms with van der Waals surface area (Å²) in [5.41, 5.74) is 1.18. The highest BCUT2D eigenvalue weighted by Crippen LogP contribution is 2.22. The first-order valence-electron chi connectivity index (χ1n) is 9.02. The number of carbonyl (C=O) groups excluding carboxylic acids is 3. The van der Waals surface area contributed by atoms with Gasteiger partial charge in [-0.1, -0.05) is 27.7 Å². The molecule has 6 nitrogen and oxygen atoms in total. The molecular weight excluding hydrogens is 318 g/mol. The third kappa shape index (κ3) is 4.30. The molecule has 0 saturated carbocycles. The first-order chi connectivity index (χ1) is 11.7. The second-order valence-electron chi connectivity index (χ2n) is 7.67. The summed E-state index contributed by atoms with van der Waals surface area (Å²) in [7, 11) is 2.00. The van der Waals surface area contributed by atoms with E-state index in [2.05, 4.69) is 4.90 Å². The van der Waals surface area contributed by atoms with Crippen LogP contribution in [-0.2, 0) is 9.59 Å². The molecule has 2 aliphatic heterocycles. The average molecular weight is 347 g/mol. The Bertz CT molecular complexity index is 585. The number of nitrogens with zero attached hydrogens (tertiary/aromatic N) is 3. The first-order valence-corrected chi connectivity index (χ1v) is 9.02. The molecule has 0 aliphatic carbocycles. The molecule has 0 atom stereocenters. The maximum absolute atomic E-state index is 12.7.